The number of carbonyl (C=O) groups excluding carboxylic acids is 1. The Labute approximate surface area is 122 Å². The average molecular weight is 299 g/mol. The molecule has 1 amide bonds. The van der Waals surface area contributed by atoms with Crippen LogP contribution < -0.4 is 0 Å². The second-order valence-corrected chi connectivity index (χ2v) is 6.16. The molecule has 5 heteroatoms. The summed E-state index contributed by atoms with van der Waals surface area (Å²) in [5.41, 5.74) is 0.542. The van der Waals surface area contributed by atoms with E-state index in [2.05, 4.69) is 4.98 Å². The molecule has 2 fully saturated rings. The molecule has 0 bridgehead atoms. The van der Waals surface area contributed by atoms with Gasteiger partial charge in [-0.2, -0.15) is 0 Å². The summed E-state index contributed by atoms with van der Waals surface area (Å²) in [4.78, 5) is 18.5. The summed E-state index contributed by atoms with van der Waals surface area (Å²) in [6.07, 6.45) is 7.57. The molecule has 0 N–H and O–H groups in total. The highest BCUT2D eigenvalue weighted by Gasteiger charge is 2.38. The van der Waals surface area contributed by atoms with Crippen molar-refractivity contribution < 1.29 is 4.79 Å². The van der Waals surface area contributed by atoms with Gasteiger partial charge in [0.25, 0.3) is 5.91 Å². The van der Waals surface area contributed by atoms with Crippen LogP contribution in [0.3, 0.4) is 0 Å². The lowest BCUT2D eigenvalue weighted by Gasteiger charge is -2.31. The third kappa shape index (κ3) is 2.46. The van der Waals surface area contributed by atoms with Crippen molar-refractivity contribution in [1.29, 1.82) is 0 Å². The molecule has 0 radical (unpaired) electrons. The van der Waals surface area contributed by atoms with E-state index in [4.69, 9.17) is 23.2 Å². The highest BCUT2D eigenvalue weighted by molar-refractivity contribution is 6.41. The van der Waals surface area contributed by atoms with E-state index in [9.17, 15) is 4.79 Å². The van der Waals surface area contributed by atoms with Gasteiger partial charge in [-0.1, -0.05) is 36.0 Å². The van der Waals surface area contributed by atoms with Gasteiger partial charge in [0.2, 0.25) is 0 Å². The molecule has 1 saturated heterocycles. The maximum atomic E-state index is 12.5. The fraction of sp³-hybridized carbons (Fsp3) is 0.571. The molecule has 3 nitrogen and oxygen atoms in total. The molecule has 3 rings (SSSR count). The zero-order valence-corrected chi connectivity index (χ0v) is 12.1. The molecule has 0 spiro atoms. The number of likely N-dealkylation sites (tertiary alicyclic amines) is 1. The SMILES string of the molecule is O=C(c1cnc(Cl)c(Cl)c1)N1CCC2CCCCC21. The lowest BCUT2D eigenvalue weighted by Crippen LogP contribution is -2.39. The summed E-state index contributed by atoms with van der Waals surface area (Å²) in [5.74, 6) is 0.730. The minimum atomic E-state index is 0.0421. The van der Waals surface area contributed by atoms with Gasteiger partial charge in [0.1, 0.15) is 5.15 Å². The van der Waals surface area contributed by atoms with Gasteiger partial charge in [-0.05, 0) is 31.2 Å². The number of nitrogens with zero attached hydrogens (tertiary/aromatic N) is 2. The average Bonchev–Trinajstić information content (AvgIpc) is 2.85. The summed E-state index contributed by atoms with van der Waals surface area (Å²) < 4.78 is 0. The third-order valence-electron chi connectivity index (χ3n) is 4.31. The Bertz CT molecular complexity index is 506. The first kappa shape index (κ1) is 13.2. The number of hydrogen-bond acceptors (Lipinski definition) is 2. The van der Waals surface area contributed by atoms with Gasteiger partial charge in [0.15, 0.2) is 0 Å². The Kier molecular flexibility index (Phi) is 3.68. The van der Waals surface area contributed by atoms with Crippen LogP contribution in [0, 0.1) is 5.92 Å². The quantitative estimate of drug-likeness (QED) is 0.739. The van der Waals surface area contributed by atoms with Crippen molar-refractivity contribution >= 4 is 29.1 Å². The zero-order chi connectivity index (χ0) is 13.4. The zero-order valence-electron chi connectivity index (χ0n) is 10.6. The molecule has 0 aromatic carbocycles. The summed E-state index contributed by atoms with van der Waals surface area (Å²) in [6, 6.07) is 2.03. The van der Waals surface area contributed by atoms with Gasteiger partial charge >= 0.3 is 0 Å². The number of halogens is 2. The van der Waals surface area contributed by atoms with Crippen LogP contribution in [-0.2, 0) is 0 Å². The monoisotopic (exact) mass is 298 g/mol. The predicted octanol–water partition coefficient (Wildman–Crippen LogP) is 3.79. The molecule has 1 aromatic rings. The Hall–Kier alpha value is -0.800. The van der Waals surface area contributed by atoms with E-state index < -0.39 is 0 Å². The van der Waals surface area contributed by atoms with Crippen LogP contribution >= 0.6 is 23.2 Å². The van der Waals surface area contributed by atoms with E-state index >= 15 is 0 Å². The number of pyridine rings is 1. The summed E-state index contributed by atoms with van der Waals surface area (Å²) in [6.45, 7) is 0.856. The second-order valence-electron chi connectivity index (χ2n) is 5.40. The first-order chi connectivity index (χ1) is 9.16. The molecular formula is C14H16Cl2N2O. The molecule has 102 valence electrons. The van der Waals surface area contributed by atoms with Gasteiger partial charge in [0, 0.05) is 18.8 Å². The first-order valence-electron chi connectivity index (χ1n) is 6.79. The molecule has 1 aromatic heterocycles. The number of hydrogen-bond donors (Lipinski definition) is 0. The minimum absolute atomic E-state index is 0.0421. The van der Waals surface area contributed by atoms with Gasteiger partial charge < -0.3 is 4.90 Å². The van der Waals surface area contributed by atoms with Crippen LogP contribution in [0.1, 0.15) is 42.5 Å². The minimum Gasteiger partial charge on any atom is -0.335 e. The highest BCUT2D eigenvalue weighted by Crippen LogP contribution is 2.37. The van der Waals surface area contributed by atoms with Crippen LogP contribution in [0.15, 0.2) is 12.3 Å². The van der Waals surface area contributed by atoms with Crippen molar-refractivity contribution in [2.24, 2.45) is 5.92 Å². The van der Waals surface area contributed by atoms with Crippen LogP contribution in [-0.4, -0.2) is 28.4 Å². The van der Waals surface area contributed by atoms with E-state index in [1.54, 1.807) is 6.07 Å². The Morgan fingerprint density at radius 1 is 1.26 bits per heavy atom. The molecule has 2 atom stereocenters. The van der Waals surface area contributed by atoms with Gasteiger partial charge in [0.05, 0.1) is 10.6 Å². The highest BCUT2D eigenvalue weighted by atomic mass is 35.5. The van der Waals surface area contributed by atoms with Crippen LogP contribution in [0.2, 0.25) is 10.2 Å². The van der Waals surface area contributed by atoms with E-state index in [-0.39, 0.29) is 11.1 Å². The molecule has 2 aliphatic rings. The molecule has 2 heterocycles. The van der Waals surface area contributed by atoms with Gasteiger partial charge in [-0.3, -0.25) is 4.79 Å². The Morgan fingerprint density at radius 2 is 2.05 bits per heavy atom. The van der Waals surface area contributed by atoms with Crippen LogP contribution in [0.25, 0.3) is 0 Å². The number of aromatic nitrogens is 1. The molecule has 2 unspecified atom stereocenters. The number of rotatable bonds is 1. The first-order valence-corrected chi connectivity index (χ1v) is 7.54. The van der Waals surface area contributed by atoms with Crippen molar-refractivity contribution in [3.05, 3.63) is 28.0 Å². The van der Waals surface area contributed by atoms with Crippen molar-refractivity contribution in [3.8, 4) is 0 Å². The lowest BCUT2D eigenvalue weighted by atomic mass is 9.85. The Morgan fingerprint density at radius 3 is 2.84 bits per heavy atom. The molecule has 1 saturated carbocycles. The summed E-state index contributed by atoms with van der Waals surface area (Å²) in [7, 11) is 0. The van der Waals surface area contributed by atoms with Crippen molar-refractivity contribution in [2.45, 2.75) is 38.1 Å². The second kappa shape index (κ2) is 5.29. The number of carbonyl (C=O) groups is 1. The fourth-order valence-electron chi connectivity index (χ4n) is 3.36. The van der Waals surface area contributed by atoms with Gasteiger partial charge in [-0.25, -0.2) is 4.98 Å². The molecular weight excluding hydrogens is 283 g/mol. The van der Waals surface area contributed by atoms with E-state index in [1.807, 2.05) is 4.90 Å². The van der Waals surface area contributed by atoms with Crippen molar-refractivity contribution in [3.63, 3.8) is 0 Å². The maximum absolute atomic E-state index is 12.5. The topological polar surface area (TPSA) is 33.2 Å². The van der Waals surface area contributed by atoms with Crippen molar-refractivity contribution in [2.75, 3.05) is 6.54 Å². The molecule has 19 heavy (non-hydrogen) atoms. The lowest BCUT2D eigenvalue weighted by molar-refractivity contribution is 0.0689. The third-order valence-corrected chi connectivity index (χ3v) is 5.00. The van der Waals surface area contributed by atoms with Crippen LogP contribution in [0.5, 0.6) is 0 Å². The Balaban J connectivity index is 1.81. The smallest absolute Gasteiger partial charge is 0.255 e. The summed E-state index contributed by atoms with van der Waals surface area (Å²) in [5, 5.41) is 0.585. The van der Waals surface area contributed by atoms with E-state index in [1.165, 1.54) is 25.5 Å². The largest absolute Gasteiger partial charge is 0.335 e. The van der Waals surface area contributed by atoms with Crippen LogP contribution in [0.4, 0.5) is 0 Å². The fourth-order valence-corrected chi connectivity index (χ4v) is 3.63. The molecule has 1 aliphatic heterocycles. The van der Waals surface area contributed by atoms with Gasteiger partial charge in [-0.15, -0.1) is 0 Å². The summed E-state index contributed by atoms with van der Waals surface area (Å²) >= 11 is 11.7. The number of amides is 1. The normalized spacial score (nSPS) is 26.3. The van der Waals surface area contributed by atoms with E-state index in [0.717, 1.165) is 19.4 Å². The number of fused-ring (bicyclic) bond motifs is 1. The van der Waals surface area contributed by atoms with Crippen molar-refractivity contribution in [1.82, 2.24) is 9.88 Å². The van der Waals surface area contributed by atoms with E-state index in [0.29, 0.717) is 22.5 Å². The maximum Gasteiger partial charge on any atom is 0.255 e. The molecule has 1 aliphatic carbocycles. The standard InChI is InChI=1S/C14H16Cl2N2O/c15-11-7-10(8-17-13(11)16)14(19)18-6-5-9-3-1-2-4-12(9)18/h7-9,12H,1-6H2. The predicted molar refractivity (Wildman–Crippen MR) is 75.7 cm³/mol.